The molecule has 1 heterocycles. The second-order valence-corrected chi connectivity index (χ2v) is 8.12. The highest BCUT2D eigenvalue weighted by Crippen LogP contribution is 2.44. The molecule has 1 atom stereocenters. The van der Waals surface area contributed by atoms with Gasteiger partial charge in [0.25, 0.3) is 0 Å². The smallest absolute Gasteiger partial charge is 0.309 e. The number of thioether (sulfide) groups is 1. The zero-order chi connectivity index (χ0) is 14.1. The van der Waals surface area contributed by atoms with E-state index in [2.05, 4.69) is 11.2 Å². The summed E-state index contributed by atoms with van der Waals surface area (Å²) in [6.45, 7) is 7.03. The summed E-state index contributed by atoms with van der Waals surface area (Å²) in [5.74, 6) is -0.361. The average Bonchev–Trinajstić information content (AvgIpc) is 2.34. The second kappa shape index (κ2) is 5.65. The summed E-state index contributed by atoms with van der Waals surface area (Å²) in [5, 5.41) is 9.39. The standard InChI is InChI=1S/C15H27NO2S/c1-14(2,13(17)18)12-6-4-9-16(10-12)11-15(19-3)7-5-8-15/h12H,4-11H2,1-3H3,(H,17,18). The third-order valence-electron chi connectivity index (χ3n) is 5.29. The Balaban J connectivity index is 1.95. The molecule has 3 nitrogen and oxygen atoms in total. The van der Waals surface area contributed by atoms with Crippen molar-refractivity contribution in [2.45, 2.75) is 50.7 Å². The summed E-state index contributed by atoms with van der Waals surface area (Å²) in [6, 6.07) is 0. The van der Waals surface area contributed by atoms with Gasteiger partial charge in [-0.3, -0.25) is 4.79 Å². The van der Waals surface area contributed by atoms with E-state index in [4.69, 9.17) is 0 Å². The van der Waals surface area contributed by atoms with Crippen molar-refractivity contribution in [2.24, 2.45) is 11.3 Å². The molecule has 0 bridgehead atoms. The first-order chi connectivity index (χ1) is 8.89. The molecule has 0 aromatic carbocycles. The maximum absolute atomic E-state index is 11.4. The van der Waals surface area contributed by atoms with Gasteiger partial charge in [-0.1, -0.05) is 6.42 Å². The number of likely N-dealkylation sites (tertiary alicyclic amines) is 1. The summed E-state index contributed by atoms with van der Waals surface area (Å²) in [5.41, 5.74) is -0.592. The fourth-order valence-electron chi connectivity index (χ4n) is 3.37. The van der Waals surface area contributed by atoms with E-state index >= 15 is 0 Å². The van der Waals surface area contributed by atoms with Gasteiger partial charge < -0.3 is 10.0 Å². The molecule has 110 valence electrons. The second-order valence-electron chi connectivity index (χ2n) is 6.84. The number of hydrogen-bond donors (Lipinski definition) is 1. The number of carbonyl (C=O) groups is 1. The zero-order valence-electron chi connectivity index (χ0n) is 12.4. The first kappa shape index (κ1) is 15.2. The lowest BCUT2D eigenvalue weighted by atomic mass is 9.74. The van der Waals surface area contributed by atoms with Gasteiger partial charge in [0.05, 0.1) is 5.41 Å². The highest BCUT2D eigenvalue weighted by atomic mass is 32.2. The van der Waals surface area contributed by atoms with Crippen LogP contribution in [0.5, 0.6) is 0 Å². The third kappa shape index (κ3) is 3.10. The first-order valence-corrected chi connectivity index (χ1v) is 8.63. The van der Waals surface area contributed by atoms with Gasteiger partial charge in [0.15, 0.2) is 0 Å². The number of nitrogens with zero attached hydrogens (tertiary/aromatic N) is 1. The molecular formula is C15H27NO2S. The van der Waals surface area contributed by atoms with Crippen molar-refractivity contribution < 1.29 is 9.90 Å². The Hall–Kier alpha value is -0.220. The summed E-state index contributed by atoms with van der Waals surface area (Å²) in [6.07, 6.45) is 8.45. The highest BCUT2D eigenvalue weighted by molar-refractivity contribution is 8.00. The van der Waals surface area contributed by atoms with E-state index in [-0.39, 0.29) is 5.92 Å². The number of piperidine rings is 1. The minimum absolute atomic E-state index is 0.290. The van der Waals surface area contributed by atoms with E-state index in [9.17, 15) is 9.90 Å². The van der Waals surface area contributed by atoms with Crippen molar-refractivity contribution in [3.05, 3.63) is 0 Å². The quantitative estimate of drug-likeness (QED) is 0.842. The highest BCUT2D eigenvalue weighted by Gasteiger charge is 2.42. The van der Waals surface area contributed by atoms with E-state index in [1.54, 1.807) is 0 Å². The number of rotatable bonds is 5. The molecule has 1 aliphatic carbocycles. The molecule has 1 saturated heterocycles. The van der Waals surface area contributed by atoms with Crippen molar-refractivity contribution in [3.8, 4) is 0 Å². The van der Waals surface area contributed by atoms with Crippen LogP contribution in [0.15, 0.2) is 0 Å². The van der Waals surface area contributed by atoms with Gasteiger partial charge in [0.2, 0.25) is 0 Å². The predicted octanol–water partition coefficient (Wildman–Crippen LogP) is 3.09. The molecule has 1 aliphatic heterocycles. The van der Waals surface area contributed by atoms with Crippen molar-refractivity contribution in [3.63, 3.8) is 0 Å². The van der Waals surface area contributed by atoms with Gasteiger partial charge in [-0.15, -0.1) is 0 Å². The van der Waals surface area contributed by atoms with E-state index in [0.717, 1.165) is 32.5 Å². The van der Waals surface area contributed by atoms with Crippen LogP contribution in [0.1, 0.15) is 46.0 Å². The van der Waals surface area contributed by atoms with Crippen LogP contribution in [-0.4, -0.2) is 46.6 Å². The van der Waals surface area contributed by atoms with Crippen LogP contribution in [0.3, 0.4) is 0 Å². The number of carboxylic acids is 1. The summed E-state index contributed by atoms with van der Waals surface area (Å²) < 4.78 is 0.468. The zero-order valence-corrected chi connectivity index (χ0v) is 13.3. The van der Waals surface area contributed by atoms with E-state index < -0.39 is 11.4 Å². The molecule has 0 radical (unpaired) electrons. The molecule has 1 unspecified atom stereocenters. The molecule has 19 heavy (non-hydrogen) atoms. The fourth-order valence-corrected chi connectivity index (χ4v) is 4.38. The minimum Gasteiger partial charge on any atom is -0.481 e. The van der Waals surface area contributed by atoms with Crippen molar-refractivity contribution >= 4 is 17.7 Å². The maximum atomic E-state index is 11.4. The van der Waals surface area contributed by atoms with Crippen LogP contribution in [0, 0.1) is 11.3 Å². The lowest BCUT2D eigenvalue weighted by molar-refractivity contribution is -0.151. The molecule has 2 aliphatic rings. The molecule has 2 rings (SSSR count). The molecule has 0 aromatic heterocycles. The van der Waals surface area contributed by atoms with Crippen LogP contribution in [-0.2, 0) is 4.79 Å². The van der Waals surface area contributed by atoms with Gasteiger partial charge in [-0.25, -0.2) is 0 Å². The van der Waals surface area contributed by atoms with Crippen LogP contribution in [0.4, 0.5) is 0 Å². The van der Waals surface area contributed by atoms with Gasteiger partial charge in [0.1, 0.15) is 0 Å². The van der Waals surface area contributed by atoms with Crippen molar-refractivity contribution in [1.82, 2.24) is 4.90 Å². The normalized spacial score (nSPS) is 27.8. The summed E-state index contributed by atoms with van der Waals surface area (Å²) in [7, 11) is 0. The van der Waals surface area contributed by atoms with Gasteiger partial charge >= 0.3 is 5.97 Å². The van der Waals surface area contributed by atoms with Gasteiger partial charge in [0, 0.05) is 17.8 Å². The lowest BCUT2D eigenvalue weighted by Gasteiger charge is -2.47. The Bertz CT molecular complexity index is 334. The fraction of sp³-hybridized carbons (Fsp3) is 0.933. The largest absolute Gasteiger partial charge is 0.481 e. The van der Waals surface area contributed by atoms with E-state index in [0.29, 0.717) is 4.75 Å². The van der Waals surface area contributed by atoms with Crippen molar-refractivity contribution in [2.75, 3.05) is 25.9 Å². The third-order valence-corrected chi connectivity index (χ3v) is 6.69. The molecule has 4 heteroatoms. The van der Waals surface area contributed by atoms with Crippen molar-refractivity contribution in [1.29, 1.82) is 0 Å². The van der Waals surface area contributed by atoms with Crippen LogP contribution >= 0.6 is 11.8 Å². The average molecular weight is 285 g/mol. The number of hydrogen-bond acceptors (Lipinski definition) is 3. The molecular weight excluding hydrogens is 258 g/mol. The van der Waals surface area contributed by atoms with Crippen LogP contribution in [0.2, 0.25) is 0 Å². The topological polar surface area (TPSA) is 40.5 Å². The monoisotopic (exact) mass is 285 g/mol. The number of aliphatic carboxylic acids is 1. The Kier molecular flexibility index (Phi) is 4.51. The van der Waals surface area contributed by atoms with E-state index in [1.807, 2.05) is 25.6 Å². The Morgan fingerprint density at radius 1 is 1.42 bits per heavy atom. The maximum Gasteiger partial charge on any atom is 0.309 e. The minimum atomic E-state index is -0.650. The molecule has 1 saturated carbocycles. The Morgan fingerprint density at radius 2 is 2.11 bits per heavy atom. The Labute approximate surface area is 121 Å². The predicted molar refractivity (Wildman–Crippen MR) is 80.7 cm³/mol. The first-order valence-electron chi connectivity index (χ1n) is 7.40. The Morgan fingerprint density at radius 3 is 2.58 bits per heavy atom. The van der Waals surface area contributed by atoms with Gasteiger partial charge in [-0.05, 0) is 58.2 Å². The van der Waals surface area contributed by atoms with E-state index in [1.165, 1.54) is 19.3 Å². The summed E-state index contributed by atoms with van der Waals surface area (Å²) in [4.78, 5) is 13.9. The molecule has 0 aromatic rings. The molecule has 1 N–H and O–H groups in total. The van der Waals surface area contributed by atoms with Crippen LogP contribution < -0.4 is 0 Å². The summed E-state index contributed by atoms with van der Waals surface area (Å²) >= 11 is 2.01. The van der Waals surface area contributed by atoms with Crippen LogP contribution in [0.25, 0.3) is 0 Å². The lowest BCUT2D eigenvalue weighted by Crippen LogP contribution is -2.51. The van der Waals surface area contributed by atoms with Gasteiger partial charge in [-0.2, -0.15) is 11.8 Å². The number of carboxylic acid groups (broad SMARTS) is 1. The molecule has 0 spiro atoms. The SMILES string of the molecule is CSC1(CN2CCCC(C(C)(C)C(=O)O)C2)CCC1. The molecule has 0 amide bonds. The molecule has 2 fully saturated rings.